The van der Waals surface area contributed by atoms with E-state index in [1.54, 1.807) is 0 Å². The van der Waals surface area contributed by atoms with E-state index in [0.717, 1.165) is 19.1 Å². The van der Waals surface area contributed by atoms with Crippen LogP contribution in [0.1, 0.15) is 78.1 Å². The van der Waals surface area contributed by atoms with Crippen molar-refractivity contribution in [2.24, 2.45) is 11.3 Å². The minimum absolute atomic E-state index is 0.293. The maximum Gasteiger partial charge on any atom is 0.0685 e. The molecule has 0 aromatic heterocycles. The Balaban J connectivity index is 1.72. The van der Waals surface area contributed by atoms with Gasteiger partial charge >= 0.3 is 0 Å². The van der Waals surface area contributed by atoms with Gasteiger partial charge in [0.2, 0.25) is 0 Å². The van der Waals surface area contributed by atoms with Crippen LogP contribution in [0, 0.1) is 11.3 Å². The molecule has 0 bridgehead atoms. The molecule has 0 aromatic carbocycles. The zero-order valence-electron chi connectivity index (χ0n) is 13.5. The summed E-state index contributed by atoms with van der Waals surface area (Å²) < 4.78 is 6.15. The molecule has 2 saturated carbocycles. The van der Waals surface area contributed by atoms with Crippen LogP contribution in [0.15, 0.2) is 0 Å². The van der Waals surface area contributed by atoms with E-state index in [4.69, 9.17) is 4.74 Å². The zero-order chi connectivity index (χ0) is 14.1. The Morgan fingerprint density at radius 1 is 1.10 bits per heavy atom. The standard InChI is InChI=1S/C18H33NO/c1-3-19-16(17(2)9-5-4-6-10-17)15-8-13-20-18(14-15)11-7-12-18/h15-16,19H,3-14H2,1-2H3. The van der Waals surface area contributed by atoms with Crippen LogP contribution in [0.5, 0.6) is 0 Å². The fourth-order valence-corrected chi connectivity index (χ4v) is 5.14. The summed E-state index contributed by atoms with van der Waals surface area (Å²) in [6, 6.07) is 0.717. The first-order valence-electron chi connectivity index (χ1n) is 9.05. The highest BCUT2D eigenvalue weighted by molar-refractivity contribution is 5.01. The fourth-order valence-electron chi connectivity index (χ4n) is 5.14. The van der Waals surface area contributed by atoms with E-state index in [1.165, 1.54) is 64.2 Å². The Bertz CT molecular complexity index is 317. The van der Waals surface area contributed by atoms with E-state index >= 15 is 0 Å². The quantitative estimate of drug-likeness (QED) is 0.829. The van der Waals surface area contributed by atoms with Gasteiger partial charge in [0.05, 0.1) is 5.60 Å². The van der Waals surface area contributed by atoms with Crippen LogP contribution in [-0.4, -0.2) is 24.8 Å². The number of rotatable bonds is 4. The SMILES string of the molecule is CCNC(C1CCOC2(CCC2)C1)C1(C)CCCCC1. The molecule has 2 atom stereocenters. The average molecular weight is 279 g/mol. The molecule has 0 amide bonds. The van der Waals surface area contributed by atoms with E-state index in [1.807, 2.05) is 0 Å². The minimum Gasteiger partial charge on any atom is -0.375 e. The number of hydrogen-bond acceptors (Lipinski definition) is 2. The maximum absolute atomic E-state index is 6.15. The predicted molar refractivity (Wildman–Crippen MR) is 83.9 cm³/mol. The summed E-state index contributed by atoms with van der Waals surface area (Å²) in [6.07, 6.45) is 13.8. The topological polar surface area (TPSA) is 21.3 Å². The lowest BCUT2D eigenvalue weighted by atomic mass is 9.62. The number of ether oxygens (including phenoxy) is 1. The summed E-state index contributed by atoms with van der Waals surface area (Å²) in [5.41, 5.74) is 0.822. The van der Waals surface area contributed by atoms with Gasteiger partial charge < -0.3 is 10.1 Å². The van der Waals surface area contributed by atoms with Crippen LogP contribution >= 0.6 is 0 Å². The largest absolute Gasteiger partial charge is 0.375 e. The monoisotopic (exact) mass is 279 g/mol. The second-order valence-electron chi connectivity index (χ2n) is 7.89. The second kappa shape index (κ2) is 5.96. The van der Waals surface area contributed by atoms with Gasteiger partial charge in [0, 0.05) is 12.6 Å². The molecule has 1 spiro atoms. The molecule has 0 radical (unpaired) electrons. The van der Waals surface area contributed by atoms with Gasteiger partial charge in [0.25, 0.3) is 0 Å². The smallest absolute Gasteiger partial charge is 0.0685 e. The molecule has 0 aromatic rings. The molecule has 20 heavy (non-hydrogen) atoms. The summed E-state index contributed by atoms with van der Waals surface area (Å²) in [4.78, 5) is 0. The van der Waals surface area contributed by atoms with Gasteiger partial charge in [-0.25, -0.2) is 0 Å². The lowest BCUT2D eigenvalue weighted by molar-refractivity contribution is -0.152. The molecule has 1 saturated heterocycles. The van der Waals surface area contributed by atoms with Crippen LogP contribution in [0.4, 0.5) is 0 Å². The Morgan fingerprint density at radius 3 is 2.45 bits per heavy atom. The summed E-state index contributed by atoms with van der Waals surface area (Å²) in [5, 5.41) is 3.89. The van der Waals surface area contributed by atoms with Crippen molar-refractivity contribution in [1.82, 2.24) is 5.32 Å². The Kier molecular flexibility index (Phi) is 4.42. The summed E-state index contributed by atoms with van der Waals surface area (Å²) in [6.45, 7) is 6.95. The first-order valence-corrected chi connectivity index (χ1v) is 9.05. The van der Waals surface area contributed by atoms with Crippen molar-refractivity contribution in [1.29, 1.82) is 0 Å². The van der Waals surface area contributed by atoms with Crippen molar-refractivity contribution < 1.29 is 4.74 Å². The first kappa shape index (κ1) is 14.8. The highest BCUT2D eigenvalue weighted by Gasteiger charge is 2.47. The molecular weight excluding hydrogens is 246 g/mol. The summed E-state index contributed by atoms with van der Waals surface area (Å²) >= 11 is 0. The van der Waals surface area contributed by atoms with E-state index in [0.29, 0.717) is 17.1 Å². The molecule has 1 aliphatic heterocycles. The highest BCUT2D eigenvalue weighted by atomic mass is 16.5. The summed E-state index contributed by atoms with van der Waals surface area (Å²) in [7, 11) is 0. The zero-order valence-corrected chi connectivity index (χ0v) is 13.5. The lowest BCUT2D eigenvalue weighted by Gasteiger charge is -2.52. The normalized spacial score (nSPS) is 33.6. The molecule has 116 valence electrons. The maximum atomic E-state index is 6.15. The lowest BCUT2D eigenvalue weighted by Crippen LogP contribution is -2.55. The van der Waals surface area contributed by atoms with Gasteiger partial charge in [-0.05, 0) is 62.8 Å². The Labute approximate surface area is 125 Å². The first-order chi connectivity index (χ1) is 9.68. The van der Waals surface area contributed by atoms with Gasteiger partial charge in [0.15, 0.2) is 0 Å². The van der Waals surface area contributed by atoms with E-state index in [2.05, 4.69) is 19.2 Å². The predicted octanol–water partition coefficient (Wildman–Crippen LogP) is 4.28. The van der Waals surface area contributed by atoms with Crippen molar-refractivity contribution in [2.75, 3.05) is 13.2 Å². The molecule has 2 aliphatic carbocycles. The molecular formula is C18H33NO. The third-order valence-electron chi connectivity index (χ3n) is 6.44. The number of nitrogens with one attached hydrogen (secondary N) is 1. The molecule has 2 heteroatoms. The Morgan fingerprint density at radius 2 is 1.85 bits per heavy atom. The summed E-state index contributed by atoms with van der Waals surface area (Å²) in [5.74, 6) is 0.840. The van der Waals surface area contributed by atoms with Crippen molar-refractivity contribution in [3.8, 4) is 0 Å². The highest BCUT2D eigenvalue weighted by Crippen LogP contribution is 2.49. The van der Waals surface area contributed by atoms with E-state index in [9.17, 15) is 0 Å². The molecule has 3 rings (SSSR count). The molecule has 2 nitrogen and oxygen atoms in total. The second-order valence-corrected chi connectivity index (χ2v) is 7.89. The number of hydrogen-bond donors (Lipinski definition) is 1. The van der Waals surface area contributed by atoms with Gasteiger partial charge in [-0.1, -0.05) is 33.1 Å². The van der Waals surface area contributed by atoms with Crippen LogP contribution in [0.2, 0.25) is 0 Å². The van der Waals surface area contributed by atoms with Crippen molar-refractivity contribution >= 4 is 0 Å². The molecule has 1 N–H and O–H groups in total. The van der Waals surface area contributed by atoms with Gasteiger partial charge in [-0.3, -0.25) is 0 Å². The van der Waals surface area contributed by atoms with Gasteiger partial charge in [0.1, 0.15) is 0 Å². The Hall–Kier alpha value is -0.0800. The molecule has 2 unspecified atom stereocenters. The van der Waals surface area contributed by atoms with Crippen molar-refractivity contribution in [2.45, 2.75) is 89.7 Å². The van der Waals surface area contributed by atoms with Crippen molar-refractivity contribution in [3.05, 3.63) is 0 Å². The van der Waals surface area contributed by atoms with E-state index in [-0.39, 0.29) is 0 Å². The molecule has 3 aliphatic rings. The third kappa shape index (κ3) is 2.78. The fraction of sp³-hybridized carbons (Fsp3) is 1.00. The van der Waals surface area contributed by atoms with E-state index < -0.39 is 0 Å². The van der Waals surface area contributed by atoms with Crippen LogP contribution in [-0.2, 0) is 4.74 Å². The molecule has 3 fully saturated rings. The third-order valence-corrected chi connectivity index (χ3v) is 6.44. The average Bonchev–Trinajstić information content (AvgIpc) is 2.44. The van der Waals surface area contributed by atoms with Gasteiger partial charge in [-0.15, -0.1) is 0 Å². The minimum atomic E-state index is 0.293. The van der Waals surface area contributed by atoms with Crippen LogP contribution in [0.3, 0.4) is 0 Å². The van der Waals surface area contributed by atoms with Crippen molar-refractivity contribution in [3.63, 3.8) is 0 Å². The van der Waals surface area contributed by atoms with Gasteiger partial charge in [-0.2, -0.15) is 0 Å². The van der Waals surface area contributed by atoms with Crippen LogP contribution < -0.4 is 5.32 Å². The molecule has 1 heterocycles. The van der Waals surface area contributed by atoms with Crippen LogP contribution in [0.25, 0.3) is 0 Å².